The fourth-order valence-electron chi connectivity index (χ4n) is 2.77. The Bertz CT molecular complexity index is 704. The minimum Gasteiger partial charge on any atom is -0.345 e. The summed E-state index contributed by atoms with van der Waals surface area (Å²) in [7, 11) is 0. The van der Waals surface area contributed by atoms with E-state index in [0.717, 1.165) is 17.0 Å². The molecule has 0 radical (unpaired) electrons. The lowest BCUT2D eigenvalue weighted by Gasteiger charge is -2.28. The van der Waals surface area contributed by atoms with Crippen LogP contribution in [0.25, 0.3) is 10.4 Å². The number of nitrogens with zero attached hydrogens (tertiary/aromatic N) is 5. The number of hydrogen-bond acceptors (Lipinski definition) is 4. The third-order valence-corrected chi connectivity index (χ3v) is 4.20. The second kappa shape index (κ2) is 9.08. The van der Waals surface area contributed by atoms with E-state index in [2.05, 4.69) is 15.0 Å². The van der Waals surface area contributed by atoms with Gasteiger partial charge < -0.3 is 14.0 Å². The first kappa shape index (κ1) is 19.6. The summed E-state index contributed by atoms with van der Waals surface area (Å²) in [6.45, 7) is 1.21. The Labute approximate surface area is 156 Å². The lowest BCUT2D eigenvalue weighted by Crippen LogP contribution is -2.37. The average molecular weight is 384 g/mol. The van der Waals surface area contributed by atoms with Crippen LogP contribution in [0.5, 0.6) is 0 Å². The molecule has 3 rings (SSSR count). The van der Waals surface area contributed by atoms with E-state index >= 15 is 0 Å². The van der Waals surface area contributed by atoms with Gasteiger partial charge in [0, 0.05) is 28.7 Å². The van der Waals surface area contributed by atoms with Gasteiger partial charge in [0.1, 0.15) is 0 Å². The van der Waals surface area contributed by atoms with Crippen LogP contribution >= 0.6 is 24.0 Å². The summed E-state index contributed by atoms with van der Waals surface area (Å²) in [6.07, 6.45) is 6.57. The minimum absolute atomic E-state index is 0. The van der Waals surface area contributed by atoms with Gasteiger partial charge in [-0.15, -0.1) is 12.4 Å². The Morgan fingerprint density at radius 2 is 2.20 bits per heavy atom. The molecule has 2 unspecified atom stereocenters. The molecule has 2 heterocycles. The number of ether oxygens (including phenoxy) is 2. The van der Waals surface area contributed by atoms with Crippen molar-refractivity contribution in [2.45, 2.75) is 31.3 Å². The Morgan fingerprint density at radius 3 is 2.88 bits per heavy atom. The molecule has 9 heteroatoms. The second-order valence-corrected chi connectivity index (χ2v) is 6.17. The maximum atomic E-state index is 8.48. The van der Waals surface area contributed by atoms with E-state index < -0.39 is 5.79 Å². The molecule has 134 valence electrons. The van der Waals surface area contributed by atoms with E-state index in [1.165, 1.54) is 0 Å². The SMILES string of the molecule is Cl.[N-]=[N+]=NCC1COC(CCc2ccc(Cl)cc2)(Cn2ccnc2)O1. The molecule has 2 atom stereocenters. The number of imidazole rings is 1. The van der Waals surface area contributed by atoms with Gasteiger partial charge in [-0.25, -0.2) is 4.98 Å². The maximum Gasteiger partial charge on any atom is 0.187 e. The van der Waals surface area contributed by atoms with Crippen LogP contribution in [0.3, 0.4) is 0 Å². The minimum atomic E-state index is -0.754. The molecule has 0 spiro atoms. The van der Waals surface area contributed by atoms with Crippen LogP contribution in [0.2, 0.25) is 5.02 Å². The Morgan fingerprint density at radius 1 is 1.40 bits per heavy atom. The van der Waals surface area contributed by atoms with Crippen LogP contribution in [0.15, 0.2) is 48.1 Å². The molecule has 1 saturated heterocycles. The van der Waals surface area contributed by atoms with Gasteiger partial charge in [0.2, 0.25) is 0 Å². The summed E-state index contributed by atoms with van der Waals surface area (Å²) in [5.74, 6) is -0.754. The molecule has 1 fully saturated rings. The third-order valence-electron chi connectivity index (χ3n) is 3.95. The molecular weight excluding hydrogens is 365 g/mol. The first-order valence-electron chi connectivity index (χ1n) is 7.72. The molecule has 1 aliphatic rings. The normalized spacial score (nSPS) is 22.2. The van der Waals surface area contributed by atoms with Crippen molar-refractivity contribution in [2.24, 2.45) is 5.11 Å². The van der Waals surface area contributed by atoms with E-state index in [9.17, 15) is 0 Å². The molecule has 1 aromatic carbocycles. The van der Waals surface area contributed by atoms with Crippen molar-refractivity contribution in [3.63, 3.8) is 0 Å². The molecule has 7 nitrogen and oxygen atoms in total. The number of aryl methyl sites for hydroxylation is 1. The fraction of sp³-hybridized carbons (Fsp3) is 0.438. The van der Waals surface area contributed by atoms with Gasteiger partial charge in [-0.2, -0.15) is 0 Å². The zero-order valence-electron chi connectivity index (χ0n) is 13.5. The highest BCUT2D eigenvalue weighted by atomic mass is 35.5. The van der Waals surface area contributed by atoms with Gasteiger partial charge in [-0.05, 0) is 29.6 Å². The van der Waals surface area contributed by atoms with Gasteiger partial charge in [-0.3, -0.25) is 0 Å². The van der Waals surface area contributed by atoms with Crippen LogP contribution in [-0.4, -0.2) is 34.6 Å². The largest absolute Gasteiger partial charge is 0.345 e. The molecule has 0 amide bonds. The van der Waals surface area contributed by atoms with Gasteiger partial charge in [0.15, 0.2) is 5.79 Å². The van der Waals surface area contributed by atoms with Crippen LogP contribution < -0.4 is 0 Å². The van der Waals surface area contributed by atoms with Crippen molar-refractivity contribution in [3.05, 3.63) is 64.0 Å². The summed E-state index contributed by atoms with van der Waals surface area (Å²) in [5.41, 5.74) is 9.64. The molecule has 0 bridgehead atoms. The summed E-state index contributed by atoms with van der Waals surface area (Å²) >= 11 is 5.93. The monoisotopic (exact) mass is 383 g/mol. The van der Waals surface area contributed by atoms with Crippen LogP contribution in [0, 0.1) is 0 Å². The topological polar surface area (TPSA) is 85.0 Å². The first-order valence-corrected chi connectivity index (χ1v) is 8.10. The van der Waals surface area contributed by atoms with Crippen molar-refractivity contribution in [3.8, 4) is 0 Å². The Kier molecular flexibility index (Phi) is 7.11. The number of rotatable bonds is 7. The predicted molar refractivity (Wildman–Crippen MR) is 96.8 cm³/mol. The quantitative estimate of drug-likeness (QED) is 0.411. The molecule has 1 aromatic heterocycles. The van der Waals surface area contributed by atoms with E-state index in [4.69, 9.17) is 26.6 Å². The second-order valence-electron chi connectivity index (χ2n) is 5.74. The molecule has 0 saturated carbocycles. The standard InChI is InChI=1S/C16H18ClN5O2.ClH/c17-14-3-1-13(2-4-14)5-6-16(11-22-8-7-19-12-22)23-10-15(24-16)9-20-21-18;/h1-4,7-8,12,15H,5-6,9-11H2;1H. The lowest BCUT2D eigenvalue weighted by atomic mass is 10.0. The summed E-state index contributed by atoms with van der Waals surface area (Å²) in [6, 6.07) is 7.75. The van der Waals surface area contributed by atoms with E-state index in [0.29, 0.717) is 19.6 Å². The third kappa shape index (κ3) is 5.36. The molecule has 25 heavy (non-hydrogen) atoms. The molecule has 2 aromatic rings. The summed E-state index contributed by atoms with van der Waals surface area (Å²) < 4.78 is 14.0. The van der Waals surface area contributed by atoms with Gasteiger partial charge >= 0.3 is 0 Å². The Hall–Kier alpha value is -1.76. The van der Waals surface area contributed by atoms with Crippen molar-refractivity contribution >= 4 is 24.0 Å². The van der Waals surface area contributed by atoms with Gasteiger partial charge in [-0.1, -0.05) is 28.8 Å². The van der Waals surface area contributed by atoms with Crippen molar-refractivity contribution < 1.29 is 9.47 Å². The number of aromatic nitrogens is 2. The average Bonchev–Trinajstić information content (AvgIpc) is 3.23. The molecule has 1 aliphatic heterocycles. The number of benzene rings is 1. The molecule has 0 aliphatic carbocycles. The predicted octanol–water partition coefficient (Wildman–Crippen LogP) is 4.01. The number of halogens is 2. The highest BCUT2D eigenvalue weighted by Gasteiger charge is 2.41. The summed E-state index contributed by atoms with van der Waals surface area (Å²) in [5, 5.41) is 4.30. The maximum absolute atomic E-state index is 8.48. The number of azide groups is 1. The highest BCUT2D eigenvalue weighted by molar-refractivity contribution is 6.30. The summed E-state index contributed by atoms with van der Waals surface area (Å²) in [4.78, 5) is 6.85. The van der Waals surface area contributed by atoms with Crippen LogP contribution in [0.1, 0.15) is 12.0 Å². The van der Waals surface area contributed by atoms with E-state index in [1.807, 2.05) is 35.0 Å². The van der Waals surface area contributed by atoms with E-state index in [-0.39, 0.29) is 25.1 Å². The van der Waals surface area contributed by atoms with Crippen molar-refractivity contribution in [1.29, 1.82) is 0 Å². The van der Waals surface area contributed by atoms with Crippen LogP contribution in [0.4, 0.5) is 0 Å². The van der Waals surface area contributed by atoms with Gasteiger partial charge in [0.05, 0.1) is 32.1 Å². The Balaban J connectivity index is 0.00000225. The molecule has 0 N–H and O–H groups in total. The highest BCUT2D eigenvalue weighted by Crippen LogP contribution is 2.31. The van der Waals surface area contributed by atoms with Crippen molar-refractivity contribution in [2.75, 3.05) is 13.2 Å². The molecular formula is C16H19Cl2N5O2. The number of hydrogen-bond donors (Lipinski definition) is 0. The fourth-order valence-corrected chi connectivity index (χ4v) is 2.90. The zero-order valence-corrected chi connectivity index (χ0v) is 15.1. The van der Waals surface area contributed by atoms with Gasteiger partial charge in [0.25, 0.3) is 0 Å². The van der Waals surface area contributed by atoms with Crippen LogP contribution in [-0.2, 0) is 22.4 Å². The zero-order chi connectivity index (χ0) is 16.8. The van der Waals surface area contributed by atoms with E-state index in [1.54, 1.807) is 12.5 Å². The lowest BCUT2D eigenvalue weighted by molar-refractivity contribution is -0.181. The smallest absolute Gasteiger partial charge is 0.187 e. The van der Waals surface area contributed by atoms with Crippen molar-refractivity contribution in [1.82, 2.24) is 9.55 Å². The first-order chi connectivity index (χ1) is 11.7.